The van der Waals surface area contributed by atoms with Crippen molar-refractivity contribution >= 4 is 11.9 Å². The van der Waals surface area contributed by atoms with Gasteiger partial charge in [0.1, 0.15) is 0 Å². The zero-order chi connectivity index (χ0) is 6.99. The summed E-state index contributed by atoms with van der Waals surface area (Å²) in [7, 11) is 0. The number of hydrogen-bond donors (Lipinski definition) is 2. The van der Waals surface area contributed by atoms with E-state index in [0.717, 1.165) is 6.21 Å². The van der Waals surface area contributed by atoms with Crippen molar-refractivity contribution in [1.29, 1.82) is 5.41 Å². The van der Waals surface area contributed by atoms with Gasteiger partial charge in [0, 0.05) is 6.21 Å². The molecule has 3 heteroatoms. The molecule has 0 aliphatic carbocycles. The molecule has 0 amide bonds. The first-order valence-electron chi connectivity index (χ1n) is 2.56. The Morgan fingerprint density at radius 3 is 2.00 bits per heavy atom. The molecule has 0 bridgehead atoms. The average Bonchev–Trinajstić information content (AvgIpc) is 1.91. The van der Waals surface area contributed by atoms with Crippen LogP contribution in [-0.2, 0) is 0 Å². The Balaban J connectivity index is 0. The van der Waals surface area contributed by atoms with Gasteiger partial charge in [0.05, 0.1) is 5.71 Å². The SMILES string of the molecule is C/C(C=N)=N/N.CC. The third-order valence-corrected chi connectivity index (χ3v) is 0.413. The molecule has 0 rings (SSSR count). The first kappa shape index (κ1) is 10.2. The van der Waals surface area contributed by atoms with Gasteiger partial charge in [-0.05, 0) is 6.92 Å². The van der Waals surface area contributed by atoms with Crippen LogP contribution >= 0.6 is 0 Å². The summed E-state index contributed by atoms with van der Waals surface area (Å²) in [6.45, 7) is 5.66. The van der Waals surface area contributed by atoms with Crippen molar-refractivity contribution in [2.45, 2.75) is 20.8 Å². The molecule has 0 aromatic heterocycles. The minimum Gasteiger partial charge on any atom is -0.323 e. The van der Waals surface area contributed by atoms with Crippen molar-refractivity contribution in [3.8, 4) is 0 Å². The molecule has 0 atom stereocenters. The smallest absolute Gasteiger partial charge is 0.0744 e. The van der Waals surface area contributed by atoms with Crippen LogP contribution in [0.4, 0.5) is 0 Å². The van der Waals surface area contributed by atoms with Crippen molar-refractivity contribution in [3.63, 3.8) is 0 Å². The number of nitrogens with one attached hydrogen (secondary N) is 1. The van der Waals surface area contributed by atoms with Gasteiger partial charge in [-0.1, -0.05) is 13.8 Å². The zero-order valence-electron chi connectivity index (χ0n) is 5.60. The molecular weight excluding hydrogens is 102 g/mol. The van der Waals surface area contributed by atoms with E-state index in [2.05, 4.69) is 5.10 Å². The third-order valence-electron chi connectivity index (χ3n) is 0.413. The van der Waals surface area contributed by atoms with E-state index in [4.69, 9.17) is 11.3 Å². The molecule has 8 heavy (non-hydrogen) atoms. The fourth-order valence-electron chi connectivity index (χ4n) is 0.0373. The van der Waals surface area contributed by atoms with E-state index in [9.17, 15) is 0 Å². The third kappa shape index (κ3) is 8.94. The summed E-state index contributed by atoms with van der Waals surface area (Å²) in [5.74, 6) is 4.72. The van der Waals surface area contributed by atoms with Crippen LogP contribution in [0.3, 0.4) is 0 Å². The molecule has 0 aliphatic heterocycles. The Bertz CT molecular complexity index is 75.7. The van der Waals surface area contributed by atoms with Gasteiger partial charge in [0.15, 0.2) is 0 Å². The lowest BCUT2D eigenvalue weighted by Crippen LogP contribution is -1.94. The van der Waals surface area contributed by atoms with Crippen molar-refractivity contribution in [3.05, 3.63) is 0 Å². The molecule has 0 spiro atoms. The zero-order valence-corrected chi connectivity index (χ0v) is 5.60. The molecule has 0 radical (unpaired) electrons. The van der Waals surface area contributed by atoms with Crippen molar-refractivity contribution in [2.24, 2.45) is 10.9 Å². The van der Waals surface area contributed by atoms with Crippen LogP contribution in [-0.4, -0.2) is 11.9 Å². The molecule has 0 aromatic carbocycles. The largest absolute Gasteiger partial charge is 0.323 e. The minimum absolute atomic E-state index is 0.537. The first-order valence-corrected chi connectivity index (χ1v) is 2.56. The van der Waals surface area contributed by atoms with Crippen LogP contribution in [0.25, 0.3) is 0 Å². The molecule has 0 saturated heterocycles. The molecule has 48 valence electrons. The summed E-state index contributed by atoms with van der Waals surface area (Å²) >= 11 is 0. The van der Waals surface area contributed by atoms with Gasteiger partial charge in [-0.15, -0.1) is 0 Å². The molecule has 0 aliphatic rings. The lowest BCUT2D eigenvalue weighted by molar-refractivity contribution is 1.25. The Labute approximate surface area is 50.1 Å². The highest BCUT2D eigenvalue weighted by Gasteiger charge is 1.71. The van der Waals surface area contributed by atoms with E-state index >= 15 is 0 Å². The van der Waals surface area contributed by atoms with Crippen LogP contribution < -0.4 is 5.84 Å². The van der Waals surface area contributed by atoms with Gasteiger partial charge in [0.2, 0.25) is 0 Å². The molecule has 3 N–H and O–H groups in total. The highest BCUT2D eigenvalue weighted by atomic mass is 15.1. The van der Waals surface area contributed by atoms with Crippen LogP contribution in [0.1, 0.15) is 20.8 Å². The first-order chi connectivity index (χ1) is 3.81. The fraction of sp³-hybridized carbons (Fsp3) is 0.600. The second-order valence-electron chi connectivity index (χ2n) is 0.915. The topological polar surface area (TPSA) is 62.2 Å². The van der Waals surface area contributed by atoms with E-state index < -0.39 is 0 Å². The van der Waals surface area contributed by atoms with Gasteiger partial charge < -0.3 is 11.3 Å². The Morgan fingerprint density at radius 1 is 1.62 bits per heavy atom. The average molecular weight is 115 g/mol. The maximum absolute atomic E-state index is 6.47. The second-order valence-corrected chi connectivity index (χ2v) is 0.915. The monoisotopic (exact) mass is 115 g/mol. The van der Waals surface area contributed by atoms with E-state index in [1.165, 1.54) is 0 Å². The summed E-state index contributed by atoms with van der Waals surface area (Å²) < 4.78 is 0. The normalized spacial score (nSPS) is 9.12. The highest BCUT2D eigenvalue weighted by Crippen LogP contribution is 1.58. The number of nitrogens with zero attached hydrogens (tertiary/aromatic N) is 1. The Morgan fingerprint density at radius 2 is 2.00 bits per heavy atom. The molecule has 0 aromatic rings. The predicted molar refractivity (Wildman–Crippen MR) is 37.4 cm³/mol. The summed E-state index contributed by atoms with van der Waals surface area (Å²) in [5, 5.41) is 9.65. The maximum atomic E-state index is 6.47. The summed E-state index contributed by atoms with van der Waals surface area (Å²) in [5.41, 5.74) is 0.537. The lowest BCUT2D eigenvalue weighted by Gasteiger charge is -1.76. The highest BCUT2D eigenvalue weighted by molar-refractivity contribution is 6.28. The Hall–Kier alpha value is -0.860. The second kappa shape index (κ2) is 9.46. The fourth-order valence-corrected chi connectivity index (χ4v) is 0.0373. The van der Waals surface area contributed by atoms with Gasteiger partial charge in [-0.3, -0.25) is 0 Å². The van der Waals surface area contributed by atoms with Gasteiger partial charge in [-0.2, -0.15) is 5.10 Å². The molecule has 0 fully saturated rings. The van der Waals surface area contributed by atoms with Crippen molar-refractivity contribution in [1.82, 2.24) is 0 Å². The van der Waals surface area contributed by atoms with Crippen LogP contribution in [0.15, 0.2) is 5.10 Å². The van der Waals surface area contributed by atoms with E-state index in [1.807, 2.05) is 13.8 Å². The van der Waals surface area contributed by atoms with Crippen molar-refractivity contribution < 1.29 is 0 Å². The van der Waals surface area contributed by atoms with Crippen LogP contribution in [0.5, 0.6) is 0 Å². The number of nitrogens with two attached hydrogens (primary N) is 1. The number of hydrazone groups is 1. The maximum Gasteiger partial charge on any atom is 0.0744 e. The van der Waals surface area contributed by atoms with Crippen LogP contribution in [0, 0.1) is 5.41 Å². The molecular formula is C5H13N3. The van der Waals surface area contributed by atoms with E-state index in [0.29, 0.717) is 5.71 Å². The van der Waals surface area contributed by atoms with Crippen molar-refractivity contribution in [2.75, 3.05) is 0 Å². The van der Waals surface area contributed by atoms with E-state index in [-0.39, 0.29) is 0 Å². The van der Waals surface area contributed by atoms with E-state index in [1.54, 1.807) is 6.92 Å². The summed E-state index contributed by atoms with van der Waals surface area (Å²) in [6, 6.07) is 0. The van der Waals surface area contributed by atoms with Gasteiger partial charge in [0.25, 0.3) is 0 Å². The predicted octanol–water partition coefficient (Wildman–Crippen LogP) is 0.997. The van der Waals surface area contributed by atoms with Gasteiger partial charge in [-0.25, -0.2) is 0 Å². The number of hydrogen-bond acceptors (Lipinski definition) is 3. The standard InChI is InChI=1S/C3H7N3.C2H6/c1-3(2-4)6-5;1-2/h2,4H,5H2,1H3;1-2H3/b4-2?,6-3-;. The quantitative estimate of drug-likeness (QED) is 0.299. The summed E-state index contributed by atoms with van der Waals surface area (Å²) in [6.07, 6.45) is 1.10. The Kier molecular flexibility index (Phi) is 12.1. The lowest BCUT2D eigenvalue weighted by atomic mass is 10.5. The molecule has 3 nitrogen and oxygen atoms in total. The van der Waals surface area contributed by atoms with Crippen LogP contribution in [0.2, 0.25) is 0 Å². The molecule has 0 heterocycles. The van der Waals surface area contributed by atoms with Gasteiger partial charge >= 0.3 is 0 Å². The molecule has 0 saturated carbocycles. The minimum atomic E-state index is 0.537. The number of rotatable bonds is 1. The molecule has 0 unspecified atom stereocenters. The summed E-state index contributed by atoms with van der Waals surface area (Å²) in [4.78, 5) is 0.